The number of carbonyl (C=O) groups excluding carboxylic acids is 1. The zero-order chi connectivity index (χ0) is 13.5. The molecule has 1 aromatic heterocycles. The molecular formula is C12H13FN4O2. The lowest BCUT2D eigenvalue weighted by molar-refractivity contribution is -0.115. The second kappa shape index (κ2) is 6.60. The average molecular weight is 264 g/mol. The van der Waals surface area contributed by atoms with E-state index in [1.165, 1.54) is 18.5 Å². The second-order valence-corrected chi connectivity index (χ2v) is 3.79. The van der Waals surface area contributed by atoms with Crippen molar-refractivity contribution in [3.63, 3.8) is 0 Å². The topological polar surface area (TPSA) is 80.1 Å². The Labute approximate surface area is 109 Å². The predicted molar refractivity (Wildman–Crippen MR) is 65.9 cm³/mol. The number of hydrogen-bond acceptors (Lipinski definition) is 5. The molecule has 2 N–H and O–H groups in total. The summed E-state index contributed by atoms with van der Waals surface area (Å²) in [6, 6.07) is 6.01. The van der Waals surface area contributed by atoms with E-state index in [2.05, 4.69) is 20.8 Å². The van der Waals surface area contributed by atoms with Crippen LogP contribution in [0.5, 0.6) is 0 Å². The van der Waals surface area contributed by atoms with E-state index in [-0.39, 0.29) is 18.1 Å². The lowest BCUT2D eigenvalue weighted by Gasteiger charge is -2.06. The number of hydrogen-bond donors (Lipinski definition) is 2. The molecule has 2 aromatic rings. The number of anilines is 1. The first kappa shape index (κ1) is 13.2. The van der Waals surface area contributed by atoms with Crippen molar-refractivity contribution in [2.45, 2.75) is 6.42 Å². The number of rotatable bonds is 6. The van der Waals surface area contributed by atoms with E-state index in [9.17, 15) is 9.18 Å². The number of aromatic nitrogens is 2. The number of nitrogens with one attached hydrogen (secondary N) is 2. The van der Waals surface area contributed by atoms with Crippen LogP contribution < -0.4 is 10.6 Å². The highest BCUT2D eigenvalue weighted by molar-refractivity contribution is 5.92. The maximum atomic E-state index is 13.3. The molecule has 2 rings (SSSR count). The number of carbonyl (C=O) groups is 1. The Morgan fingerprint density at radius 1 is 1.37 bits per heavy atom. The molecule has 19 heavy (non-hydrogen) atoms. The molecule has 0 aliphatic carbocycles. The van der Waals surface area contributed by atoms with Gasteiger partial charge in [0.1, 0.15) is 5.82 Å². The first-order valence-electron chi connectivity index (χ1n) is 5.76. The van der Waals surface area contributed by atoms with E-state index in [4.69, 9.17) is 4.52 Å². The van der Waals surface area contributed by atoms with Crippen LogP contribution in [0.3, 0.4) is 0 Å². The summed E-state index contributed by atoms with van der Waals surface area (Å²) in [5.41, 5.74) is 0.172. The average Bonchev–Trinajstić information content (AvgIpc) is 2.91. The maximum absolute atomic E-state index is 13.3. The minimum atomic E-state index is -0.457. The smallest absolute Gasteiger partial charge is 0.238 e. The van der Waals surface area contributed by atoms with Crippen LogP contribution in [-0.4, -0.2) is 29.1 Å². The van der Waals surface area contributed by atoms with Crippen molar-refractivity contribution in [1.82, 2.24) is 15.5 Å². The van der Waals surface area contributed by atoms with Crippen LogP contribution in [0.4, 0.5) is 10.1 Å². The summed E-state index contributed by atoms with van der Waals surface area (Å²) in [5.74, 6) is -0.264. The van der Waals surface area contributed by atoms with Gasteiger partial charge in [0.2, 0.25) is 11.8 Å². The summed E-state index contributed by atoms with van der Waals surface area (Å²) in [5, 5.41) is 8.84. The molecule has 7 heteroatoms. The Morgan fingerprint density at radius 3 is 2.95 bits per heavy atom. The van der Waals surface area contributed by atoms with E-state index in [0.717, 1.165) is 0 Å². The Morgan fingerprint density at radius 2 is 2.21 bits per heavy atom. The molecule has 6 nitrogen and oxygen atoms in total. The molecule has 0 bridgehead atoms. The lowest BCUT2D eigenvalue weighted by Crippen LogP contribution is -2.29. The Hall–Kier alpha value is -2.28. The van der Waals surface area contributed by atoms with Crippen molar-refractivity contribution >= 4 is 11.6 Å². The summed E-state index contributed by atoms with van der Waals surface area (Å²) in [6.07, 6.45) is 1.85. The zero-order valence-electron chi connectivity index (χ0n) is 10.1. The standard InChI is InChI=1S/C12H13FN4O2/c13-9-3-1-2-4-10(9)17-11(18)7-14-6-5-12-15-8-16-19-12/h1-4,8,14H,5-7H2,(H,17,18). The van der Waals surface area contributed by atoms with Crippen molar-refractivity contribution in [3.8, 4) is 0 Å². The van der Waals surface area contributed by atoms with Crippen molar-refractivity contribution in [2.75, 3.05) is 18.4 Å². The molecule has 1 aromatic carbocycles. The van der Waals surface area contributed by atoms with Gasteiger partial charge in [0.05, 0.1) is 12.2 Å². The number of halogens is 1. The second-order valence-electron chi connectivity index (χ2n) is 3.79. The van der Waals surface area contributed by atoms with E-state index < -0.39 is 5.82 Å². The Kier molecular flexibility index (Phi) is 4.57. The molecule has 1 amide bonds. The molecule has 0 radical (unpaired) electrons. The van der Waals surface area contributed by atoms with Crippen LogP contribution in [0.15, 0.2) is 35.1 Å². The van der Waals surface area contributed by atoms with Gasteiger partial charge in [-0.3, -0.25) is 4.79 Å². The lowest BCUT2D eigenvalue weighted by atomic mass is 10.3. The minimum Gasteiger partial charge on any atom is -0.340 e. The largest absolute Gasteiger partial charge is 0.340 e. The molecule has 0 fully saturated rings. The van der Waals surface area contributed by atoms with E-state index >= 15 is 0 Å². The third-order valence-electron chi connectivity index (χ3n) is 2.36. The highest BCUT2D eigenvalue weighted by atomic mass is 19.1. The highest BCUT2D eigenvalue weighted by Gasteiger charge is 2.06. The van der Waals surface area contributed by atoms with Crippen molar-refractivity contribution < 1.29 is 13.7 Å². The maximum Gasteiger partial charge on any atom is 0.238 e. The number of benzene rings is 1. The minimum absolute atomic E-state index is 0.0858. The fourth-order valence-corrected chi connectivity index (χ4v) is 1.46. The van der Waals surface area contributed by atoms with E-state index in [1.807, 2.05) is 0 Å². The van der Waals surface area contributed by atoms with Gasteiger partial charge in [0.25, 0.3) is 0 Å². The Balaban J connectivity index is 1.69. The van der Waals surface area contributed by atoms with Crippen LogP contribution in [0.2, 0.25) is 0 Å². The first-order chi connectivity index (χ1) is 9.25. The number of amides is 1. The fourth-order valence-electron chi connectivity index (χ4n) is 1.46. The summed E-state index contributed by atoms with van der Waals surface area (Å²) >= 11 is 0. The first-order valence-corrected chi connectivity index (χ1v) is 5.76. The summed E-state index contributed by atoms with van der Waals surface area (Å²) in [7, 11) is 0. The molecule has 0 unspecified atom stereocenters. The van der Waals surface area contributed by atoms with Crippen molar-refractivity contribution in [2.24, 2.45) is 0 Å². The summed E-state index contributed by atoms with van der Waals surface area (Å²) in [4.78, 5) is 15.4. The molecule has 0 spiro atoms. The predicted octanol–water partition coefficient (Wildman–Crippen LogP) is 0.979. The quantitative estimate of drug-likeness (QED) is 0.760. The molecule has 100 valence electrons. The number of para-hydroxylation sites is 1. The summed E-state index contributed by atoms with van der Waals surface area (Å²) in [6.45, 7) is 0.607. The number of nitrogens with zero attached hydrogens (tertiary/aromatic N) is 2. The molecule has 0 aliphatic heterocycles. The van der Waals surface area contributed by atoms with Crippen LogP contribution in [0.25, 0.3) is 0 Å². The van der Waals surface area contributed by atoms with Crippen molar-refractivity contribution in [1.29, 1.82) is 0 Å². The Bertz CT molecular complexity index is 530. The van der Waals surface area contributed by atoms with Crippen LogP contribution in [-0.2, 0) is 11.2 Å². The van der Waals surface area contributed by atoms with Gasteiger partial charge in [0, 0.05) is 13.0 Å². The monoisotopic (exact) mass is 264 g/mol. The van der Waals surface area contributed by atoms with Gasteiger partial charge < -0.3 is 15.2 Å². The van der Waals surface area contributed by atoms with Crippen molar-refractivity contribution in [3.05, 3.63) is 42.3 Å². The third-order valence-corrected chi connectivity index (χ3v) is 2.36. The molecule has 1 heterocycles. The highest BCUT2D eigenvalue weighted by Crippen LogP contribution is 2.11. The van der Waals surface area contributed by atoms with Gasteiger partial charge >= 0.3 is 0 Å². The van der Waals surface area contributed by atoms with Gasteiger partial charge in [0.15, 0.2) is 6.33 Å². The van der Waals surface area contributed by atoms with Crippen LogP contribution >= 0.6 is 0 Å². The normalized spacial score (nSPS) is 10.4. The fraction of sp³-hybridized carbons (Fsp3) is 0.250. The van der Waals surface area contributed by atoms with Gasteiger partial charge in [-0.1, -0.05) is 17.3 Å². The zero-order valence-corrected chi connectivity index (χ0v) is 10.1. The molecular weight excluding hydrogens is 251 g/mol. The molecule has 0 aliphatic rings. The van der Waals surface area contributed by atoms with Gasteiger partial charge in [-0.2, -0.15) is 4.98 Å². The molecule has 0 saturated heterocycles. The van der Waals surface area contributed by atoms with Gasteiger partial charge in [-0.05, 0) is 12.1 Å². The van der Waals surface area contributed by atoms with Crippen LogP contribution in [0.1, 0.15) is 5.89 Å². The SMILES string of the molecule is O=C(CNCCc1ncno1)Nc1ccccc1F. The van der Waals surface area contributed by atoms with Gasteiger partial charge in [-0.15, -0.1) is 0 Å². The molecule has 0 atom stereocenters. The summed E-state index contributed by atoms with van der Waals surface area (Å²) < 4.78 is 18.1. The van der Waals surface area contributed by atoms with Gasteiger partial charge in [-0.25, -0.2) is 4.39 Å². The molecule has 0 saturated carbocycles. The van der Waals surface area contributed by atoms with E-state index in [0.29, 0.717) is 18.9 Å². The third kappa shape index (κ3) is 4.14. The van der Waals surface area contributed by atoms with E-state index in [1.54, 1.807) is 12.1 Å². The van der Waals surface area contributed by atoms with Crippen LogP contribution in [0, 0.1) is 5.82 Å².